The number of rotatable bonds is 3. The number of hydrogen-bond donors (Lipinski definition) is 2. The summed E-state index contributed by atoms with van der Waals surface area (Å²) in [5.41, 5.74) is 8.67. The highest BCUT2D eigenvalue weighted by molar-refractivity contribution is 9.10. The standard InChI is InChI=1S/C13H14BrN3/c1-9-2-7-12(15)13(17-9)16-8-10-3-5-11(14)6-4-10/h2-7H,8,15H2,1H3,(H,16,17). The lowest BCUT2D eigenvalue weighted by molar-refractivity contribution is 1.09. The van der Waals surface area contributed by atoms with E-state index in [2.05, 4.69) is 38.4 Å². The van der Waals surface area contributed by atoms with E-state index in [9.17, 15) is 0 Å². The van der Waals surface area contributed by atoms with Crippen molar-refractivity contribution in [1.29, 1.82) is 0 Å². The summed E-state index contributed by atoms with van der Waals surface area (Å²) in [7, 11) is 0. The van der Waals surface area contributed by atoms with Crippen LogP contribution in [0.25, 0.3) is 0 Å². The molecule has 0 saturated heterocycles. The van der Waals surface area contributed by atoms with Crippen LogP contribution in [0.4, 0.5) is 11.5 Å². The van der Waals surface area contributed by atoms with Gasteiger partial charge in [-0.2, -0.15) is 0 Å². The smallest absolute Gasteiger partial charge is 0.149 e. The van der Waals surface area contributed by atoms with Gasteiger partial charge < -0.3 is 11.1 Å². The fraction of sp³-hybridized carbons (Fsp3) is 0.154. The number of nitrogens with two attached hydrogens (primary N) is 1. The summed E-state index contributed by atoms with van der Waals surface area (Å²) in [6.45, 7) is 2.66. The van der Waals surface area contributed by atoms with E-state index in [1.54, 1.807) is 0 Å². The van der Waals surface area contributed by atoms with Crippen molar-refractivity contribution in [3.05, 3.63) is 52.1 Å². The molecule has 3 nitrogen and oxygen atoms in total. The molecular weight excluding hydrogens is 278 g/mol. The van der Waals surface area contributed by atoms with Crippen molar-refractivity contribution in [2.24, 2.45) is 0 Å². The Bertz CT molecular complexity index is 509. The van der Waals surface area contributed by atoms with Crippen LogP contribution in [0.15, 0.2) is 40.9 Å². The maximum absolute atomic E-state index is 5.85. The molecule has 0 spiro atoms. The van der Waals surface area contributed by atoms with Crippen LogP contribution in [0.5, 0.6) is 0 Å². The number of aryl methyl sites for hydroxylation is 1. The SMILES string of the molecule is Cc1ccc(N)c(NCc2ccc(Br)cc2)n1. The Hall–Kier alpha value is -1.55. The van der Waals surface area contributed by atoms with Crippen LogP contribution < -0.4 is 11.1 Å². The van der Waals surface area contributed by atoms with Crippen LogP contribution in [0.3, 0.4) is 0 Å². The normalized spacial score (nSPS) is 10.2. The van der Waals surface area contributed by atoms with E-state index in [0.717, 1.165) is 16.0 Å². The summed E-state index contributed by atoms with van der Waals surface area (Å²) in [6.07, 6.45) is 0. The zero-order valence-electron chi connectivity index (χ0n) is 9.57. The molecule has 0 aliphatic heterocycles. The van der Waals surface area contributed by atoms with E-state index in [-0.39, 0.29) is 0 Å². The van der Waals surface area contributed by atoms with Gasteiger partial charge in [0.15, 0.2) is 0 Å². The summed E-state index contributed by atoms with van der Waals surface area (Å²) in [4.78, 5) is 4.36. The maximum Gasteiger partial charge on any atom is 0.149 e. The van der Waals surface area contributed by atoms with Crippen LogP contribution in [0, 0.1) is 6.92 Å². The van der Waals surface area contributed by atoms with Gasteiger partial charge in [0.2, 0.25) is 0 Å². The third-order valence-electron chi connectivity index (χ3n) is 2.44. The summed E-state index contributed by atoms with van der Waals surface area (Å²) in [6, 6.07) is 11.9. The molecule has 0 fully saturated rings. The fourth-order valence-corrected chi connectivity index (χ4v) is 1.76. The van der Waals surface area contributed by atoms with Crippen LogP contribution in [0.2, 0.25) is 0 Å². The summed E-state index contributed by atoms with van der Waals surface area (Å²) in [5, 5.41) is 3.24. The molecular formula is C13H14BrN3. The minimum Gasteiger partial charge on any atom is -0.396 e. The monoisotopic (exact) mass is 291 g/mol. The van der Waals surface area contributed by atoms with Gasteiger partial charge in [-0.15, -0.1) is 0 Å². The van der Waals surface area contributed by atoms with Crippen molar-refractivity contribution in [2.75, 3.05) is 11.1 Å². The molecule has 17 heavy (non-hydrogen) atoms. The molecule has 1 aromatic heterocycles. The average molecular weight is 292 g/mol. The zero-order valence-corrected chi connectivity index (χ0v) is 11.2. The van der Waals surface area contributed by atoms with Gasteiger partial charge in [0.1, 0.15) is 5.82 Å². The molecule has 0 bridgehead atoms. The Morgan fingerprint density at radius 2 is 1.88 bits per heavy atom. The highest BCUT2D eigenvalue weighted by Crippen LogP contribution is 2.17. The quantitative estimate of drug-likeness (QED) is 0.912. The molecule has 1 heterocycles. The zero-order chi connectivity index (χ0) is 12.3. The van der Waals surface area contributed by atoms with E-state index >= 15 is 0 Å². The molecule has 0 saturated carbocycles. The molecule has 0 unspecified atom stereocenters. The van der Waals surface area contributed by atoms with Crippen molar-refractivity contribution in [2.45, 2.75) is 13.5 Å². The van der Waals surface area contributed by atoms with Crippen molar-refractivity contribution < 1.29 is 0 Å². The van der Waals surface area contributed by atoms with Gasteiger partial charge in [-0.1, -0.05) is 28.1 Å². The van der Waals surface area contributed by atoms with Gasteiger partial charge >= 0.3 is 0 Å². The Morgan fingerprint density at radius 3 is 2.59 bits per heavy atom. The predicted octanol–water partition coefficient (Wildman–Crippen LogP) is 3.35. The fourth-order valence-electron chi connectivity index (χ4n) is 1.50. The summed E-state index contributed by atoms with van der Waals surface area (Å²) >= 11 is 3.41. The van der Waals surface area contributed by atoms with Crippen molar-refractivity contribution in [1.82, 2.24) is 4.98 Å². The van der Waals surface area contributed by atoms with Crippen molar-refractivity contribution >= 4 is 27.4 Å². The van der Waals surface area contributed by atoms with Gasteiger partial charge in [0.25, 0.3) is 0 Å². The lowest BCUT2D eigenvalue weighted by atomic mass is 10.2. The number of nitrogen functional groups attached to an aromatic ring is 1. The number of halogens is 1. The minimum atomic E-state index is 0.674. The van der Waals surface area contributed by atoms with E-state index in [4.69, 9.17) is 5.73 Å². The molecule has 2 rings (SSSR count). The molecule has 0 amide bonds. The Morgan fingerprint density at radius 1 is 1.18 bits per heavy atom. The average Bonchev–Trinajstić information content (AvgIpc) is 2.32. The third kappa shape index (κ3) is 3.20. The number of pyridine rings is 1. The van der Waals surface area contributed by atoms with Gasteiger partial charge in [-0.3, -0.25) is 0 Å². The first-order valence-corrected chi connectivity index (χ1v) is 6.16. The van der Waals surface area contributed by atoms with Gasteiger partial charge in [0.05, 0.1) is 5.69 Å². The first-order valence-electron chi connectivity index (χ1n) is 5.36. The second-order valence-electron chi connectivity index (χ2n) is 3.87. The topological polar surface area (TPSA) is 50.9 Å². The first kappa shape index (κ1) is 11.9. The predicted molar refractivity (Wildman–Crippen MR) is 74.9 cm³/mol. The van der Waals surface area contributed by atoms with Crippen LogP contribution in [-0.2, 0) is 6.54 Å². The Labute approximate surface area is 109 Å². The number of anilines is 2. The number of hydrogen-bond acceptors (Lipinski definition) is 3. The third-order valence-corrected chi connectivity index (χ3v) is 2.97. The minimum absolute atomic E-state index is 0.674. The molecule has 3 N–H and O–H groups in total. The Kier molecular flexibility index (Phi) is 3.64. The van der Waals surface area contributed by atoms with Gasteiger partial charge in [0, 0.05) is 16.7 Å². The molecule has 0 aliphatic carbocycles. The molecule has 88 valence electrons. The maximum atomic E-state index is 5.85. The largest absolute Gasteiger partial charge is 0.396 e. The second kappa shape index (κ2) is 5.19. The lowest BCUT2D eigenvalue weighted by Crippen LogP contribution is -2.05. The van der Waals surface area contributed by atoms with Crippen LogP contribution in [-0.4, -0.2) is 4.98 Å². The number of aromatic nitrogens is 1. The summed E-state index contributed by atoms with van der Waals surface area (Å²) in [5.74, 6) is 0.743. The second-order valence-corrected chi connectivity index (χ2v) is 4.79. The molecule has 1 aromatic carbocycles. The van der Waals surface area contributed by atoms with E-state index in [1.165, 1.54) is 5.56 Å². The number of benzene rings is 1. The van der Waals surface area contributed by atoms with E-state index in [1.807, 2.05) is 31.2 Å². The van der Waals surface area contributed by atoms with Crippen molar-refractivity contribution in [3.63, 3.8) is 0 Å². The molecule has 4 heteroatoms. The van der Waals surface area contributed by atoms with E-state index < -0.39 is 0 Å². The molecule has 0 radical (unpaired) electrons. The van der Waals surface area contributed by atoms with Crippen LogP contribution >= 0.6 is 15.9 Å². The summed E-state index contributed by atoms with van der Waals surface area (Å²) < 4.78 is 1.08. The van der Waals surface area contributed by atoms with E-state index in [0.29, 0.717) is 12.2 Å². The Balaban J connectivity index is 2.07. The number of nitrogens with zero attached hydrogens (tertiary/aromatic N) is 1. The van der Waals surface area contributed by atoms with Crippen molar-refractivity contribution in [3.8, 4) is 0 Å². The highest BCUT2D eigenvalue weighted by atomic mass is 79.9. The molecule has 0 aliphatic rings. The molecule has 2 aromatic rings. The molecule has 0 atom stereocenters. The highest BCUT2D eigenvalue weighted by Gasteiger charge is 2.00. The van der Waals surface area contributed by atoms with Gasteiger partial charge in [-0.25, -0.2) is 4.98 Å². The van der Waals surface area contributed by atoms with Gasteiger partial charge in [-0.05, 0) is 36.8 Å². The van der Waals surface area contributed by atoms with Crippen LogP contribution in [0.1, 0.15) is 11.3 Å². The first-order chi connectivity index (χ1) is 8.15. The lowest BCUT2D eigenvalue weighted by Gasteiger charge is -2.09. The number of nitrogens with one attached hydrogen (secondary N) is 1.